The molecule has 0 spiro atoms. The molecule has 2 aromatic rings. The zero-order valence-electron chi connectivity index (χ0n) is 10.1. The summed E-state index contributed by atoms with van der Waals surface area (Å²) in [5, 5.41) is 31.7. The molecule has 0 unspecified atom stereocenters. The molecule has 0 saturated heterocycles. The first-order valence-corrected chi connectivity index (χ1v) is 6.19. The van der Waals surface area contributed by atoms with Crippen molar-refractivity contribution in [2.24, 2.45) is 0 Å². The maximum Gasteiger partial charge on any atom is 0.346 e. The first kappa shape index (κ1) is 14.4. The highest BCUT2D eigenvalue weighted by Crippen LogP contribution is 2.35. The third kappa shape index (κ3) is 3.12. The monoisotopic (exact) mass is 310 g/mol. The smallest absolute Gasteiger partial charge is 0.346 e. The van der Waals surface area contributed by atoms with E-state index < -0.39 is 27.2 Å². The highest BCUT2D eigenvalue weighted by Gasteiger charge is 2.21. The zero-order chi connectivity index (χ0) is 15.6. The maximum absolute atomic E-state index is 10.9. The van der Waals surface area contributed by atoms with E-state index in [2.05, 4.69) is 0 Å². The molecule has 0 fully saturated rings. The lowest BCUT2D eigenvalue weighted by molar-refractivity contribution is -0.394. The van der Waals surface area contributed by atoms with Crippen LogP contribution in [-0.2, 0) is 0 Å². The van der Waals surface area contributed by atoms with Crippen LogP contribution in [0.25, 0.3) is 0 Å². The van der Waals surface area contributed by atoms with E-state index in [-0.39, 0.29) is 16.4 Å². The predicted octanol–water partition coefficient (Wildman–Crippen LogP) is 3.06. The van der Waals surface area contributed by atoms with Crippen LogP contribution in [0.15, 0.2) is 29.6 Å². The number of aromatic carboxylic acids is 1. The molecule has 1 aromatic carbocycles. The van der Waals surface area contributed by atoms with Crippen molar-refractivity contribution in [1.29, 1.82) is 0 Å². The van der Waals surface area contributed by atoms with Gasteiger partial charge in [-0.15, -0.1) is 11.3 Å². The topological polar surface area (TPSA) is 133 Å². The molecule has 9 nitrogen and oxygen atoms in total. The van der Waals surface area contributed by atoms with Crippen molar-refractivity contribution >= 4 is 28.7 Å². The number of rotatable bonds is 5. The van der Waals surface area contributed by atoms with Crippen LogP contribution in [0.4, 0.5) is 11.4 Å². The van der Waals surface area contributed by atoms with E-state index in [0.29, 0.717) is 0 Å². The highest BCUT2D eigenvalue weighted by atomic mass is 32.1. The second-order valence-corrected chi connectivity index (χ2v) is 4.63. The lowest BCUT2D eigenvalue weighted by Gasteiger charge is -2.03. The van der Waals surface area contributed by atoms with Gasteiger partial charge < -0.3 is 9.84 Å². The van der Waals surface area contributed by atoms with Gasteiger partial charge in [-0.25, -0.2) is 4.79 Å². The lowest BCUT2D eigenvalue weighted by Crippen LogP contribution is -1.96. The summed E-state index contributed by atoms with van der Waals surface area (Å²) in [5.41, 5.74) is -1.02. The molecular formula is C11H6N2O7S. The molecule has 108 valence electrons. The Bertz CT molecular complexity index is 740. The number of ether oxygens (including phenoxy) is 1. The summed E-state index contributed by atoms with van der Waals surface area (Å²) in [6.07, 6.45) is 0. The molecule has 0 atom stereocenters. The van der Waals surface area contributed by atoms with E-state index in [4.69, 9.17) is 9.84 Å². The third-order valence-corrected chi connectivity index (χ3v) is 3.26. The van der Waals surface area contributed by atoms with E-state index >= 15 is 0 Å². The molecule has 21 heavy (non-hydrogen) atoms. The van der Waals surface area contributed by atoms with Crippen LogP contribution in [-0.4, -0.2) is 20.9 Å². The van der Waals surface area contributed by atoms with Gasteiger partial charge in [0.2, 0.25) is 5.75 Å². The van der Waals surface area contributed by atoms with Gasteiger partial charge in [0.05, 0.1) is 15.9 Å². The van der Waals surface area contributed by atoms with Gasteiger partial charge in [0, 0.05) is 17.5 Å². The summed E-state index contributed by atoms with van der Waals surface area (Å²) in [7, 11) is 0. The number of carboxylic acids is 1. The van der Waals surface area contributed by atoms with Gasteiger partial charge in [-0.3, -0.25) is 20.2 Å². The second-order valence-electron chi connectivity index (χ2n) is 3.72. The number of carbonyl (C=O) groups is 1. The van der Waals surface area contributed by atoms with E-state index in [1.165, 1.54) is 11.4 Å². The summed E-state index contributed by atoms with van der Waals surface area (Å²) < 4.78 is 5.22. The molecule has 1 aromatic heterocycles. The highest BCUT2D eigenvalue weighted by molar-refractivity contribution is 7.12. The summed E-state index contributed by atoms with van der Waals surface area (Å²) in [5.74, 6) is -1.25. The number of nitro groups is 2. The SMILES string of the molecule is O=C(O)c1cc(Oc2ccc([N+](=O)[O-])cc2[N+](=O)[O-])cs1. The number of hydrogen-bond donors (Lipinski definition) is 1. The molecule has 0 radical (unpaired) electrons. The van der Waals surface area contributed by atoms with Crippen molar-refractivity contribution in [3.63, 3.8) is 0 Å². The van der Waals surface area contributed by atoms with Crippen molar-refractivity contribution in [2.45, 2.75) is 0 Å². The van der Waals surface area contributed by atoms with Crippen molar-refractivity contribution in [1.82, 2.24) is 0 Å². The van der Waals surface area contributed by atoms with E-state index in [1.54, 1.807) is 0 Å². The maximum atomic E-state index is 10.9. The molecule has 0 aliphatic carbocycles. The van der Waals surface area contributed by atoms with E-state index in [0.717, 1.165) is 29.5 Å². The standard InChI is InChI=1S/C11H6N2O7S/c14-11(15)10-4-7(5-21-10)20-9-2-1-6(12(16)17)3-8(9)13(18)19/h1-5H,(H,14,15). The number of non-ortho nitro benzene ring substituents is 1. The molecule has 0 saturated carbocycles. The average molecular weight is 310 g/mol. The Morgan fingerprint density at radius 2 is 1.90 bits per heavy atom. The molecule has 0 bridgehead atoms. The largest absolute Gasteiger partial charge is 0.477 e. The van der Waals surface area contributed by atoms with Crippen LogP contribution in [0, 0.1) is 20.2 Å². The number of thiophene rings is 1. The molecule has 10 heteroatoms. The Kier molecular flexibility index (Phi) is 3.80. The minimum absolute atomic E-state index is 0.00886. The number of nitro benzene ring substituents is 2. The number of nitrogens with zero attached hydrogens (tertiary/aromatic N) is 2. The van der Waals surface area contributed by atoms with Crippen LogP contribution in [0.1, 0.15) is 9.67 Å². The first-order valence-electron chi connectivity index (χ1n) is 5.31. The normalized spacial score (nSPS) is 10.1. The fraction of sp³-hybridized carbons (Fsp3) is 0. The summed E-state index contributed by atoms with van der Waals surface area (Å²) in [6.45, 7) is 0. The van der Waals surface area contributed by atoms with Gasteiger partial charge in [0.1, 0.15) is 10.6 Å². The Morgan fingerprint density at radius 1 is 1.19 bits per heavy atom. The van der Waals surface area contributed by atoms with Crippen molar-refractivity contribution in [2.75, 3.05) is 0 Å². The van der Waals surface area contributed by atoms with Gasteiger partial charge in [0.25, 0.3) is 5.69 Å². The zero-order valence-corrected chi connectivity index (χ0v) is 10.9. The van der Waals surface area contributed by atoms with Crippen molar-refractivity contribution in [3.8, 4) is 11.5 Å². The van der Waals surface area contributed by atoms with Crippen LogP contribution < -0.4 is 4.74 Å². The predicted molar refractivity (Wildman–Crippen MR) is 71.1 cm³/mol. The molecule has 2 rings (SSSR count). The van der Waals surface area contributed by atoms with Crippen LogP contribution in [0.2, 0.25) is 0 Å². The molecular weight excluding hydrogens is 304 g/mol. The molecule has 1 heterocycles. The van der Waals surface area contributed by atoms with Gasteiger partial charge in [-0.05, 0) is 6.07 Å². The molecule has 1 N–H and O–H groups in total. The molecule has 0 aliphatic rings. The fourth-order valence-corrected chi connectivity index (χ4v) is 2.10. The third-order valence-electron chi connectivity index (χ3n) is 2.36. The van der Waals surface area contributed by atoms with Crippen molar-refractivity contribution < 1.29 is 24.5 Å². The Hall–Kier alpha value is -3.01. The Labute approximate surface area is 120 Å². The number of hydrogen-bond acceptors (Lipinski definition) is 7. The van der Waals surface area contributed by atoms with Gasteiger partial charge in [-0.1, -0.05) is 0 Å². The van der Waals surface area contributed by atoms with E-state index in [9.17, 15) is 25.0 Å². The van der Waals surface area contributed by atoms with E-state index in [1.807, 2.05) is 0 Å². The minimum atomic E-state index is -1.15. The molecule has 0 amide bonds. The Balaban J connectivity index is 2.36. The fourth-order valence-electron chi connectivity index (χ4n) is 1.46. The van der Waals surface area contributed by atoms with Crippen molar-refractivity contribution in [3.05, 3.63) is 54.8 Å². The Morgan fingerprint density at radius 3 is 2.43 bits per heavy atom. The quantitative estimate of drug-likeness (QED) is 0.662. The summed E-state index contributed by atoms with van der Waals surface area (Å²) in [4.78, 5) is 30.7. The number of benzene rings is 1. The van der Waals surface area contributed by atoms with Crippen LogP contribution >= 0.6 is 11.3 Å². The summed E-state index contributed by atoms with van der Waals surface area (Å²) in [6, 6.07) is 4.14. The second kappa shape index (κ2) is 5.54. The van der Waals surface area contributed by atoms with Crippen LogP contribution in [0.3, 0.4) is 0 Å². The first-order chi connectivity index (χ1) is 9.88. The van der Waals surface area contributed by atoms with Gasteiger partial charge >= 0.3 is 11.7 Å². The van der Waals surface area contributed by atoms with Crippen LogP contribution in [0.5, 0.6) is 11.5 Å². The molecule has 0 aliphatic heterocycles. The summed E-state index contributed by atoms with van der Waals surface area (Å²) >= 11 is 0.897. The minimum Gasteiger partial charge on any atom is -0.477 e. The number of carboxylic acid groups (broad SMARTS) is 1. The lowest BCUT2D eigenvalue weighted by atomic mass is 10.2. The average Bonchev–Trinajstić information content (AvgIpc) is 2.87. The van der Waals surface area contributed by atoms with Gasteiger partial charge in [-0.2, -0.15) is 0 Å². The van der Waals surface area contributed by atoms with Gasteiger partial charge in [0.15, 0.2) is 0 Å².